The van der Waals surface area contributed by atoms with Crippen LogP contribution in [-0.2, 0) is 9.31 Å². The Morgan fingerprint density at radius 3 is 1.64 bits per heavy atom. The van der Waals surface area contributed by atoms with Crippen molar-refractivity contribution in [1.82, 2.24) is 0 Å². The molecule has 5 aromatic carbocycles. The lowest BCUT2D eigenvalue weighted by molar-refractivity contribution is 0.00578. The van der Waals surface area contributed by atoms with E-state index in [0.29, 0.717) is 11.1 Å². The van der Waals surface area contributed by atoms with Crippen molar-refractivity contribution in [2.24, 2.45) is 0 Å². The molecule has 0 radical (unpaired) electrons. The van der Waals surface area contributed by atoms with E-state index in [9.17, 15) is 26.3 Å². The van der Waals surface area contributed by atoms with Crippen LogP contribution < -0.4 is 5.46 Å². The van der Waals surface area contributed by atoms with E-state index in [-0.39, 0.29) is 5.56 Å². The minimum atomic E-state index is -2.33. The van der Waals surface area contributed by atoms with Crippen LogP contribution in [0.2, 0.25) is 0 Å². The van der Waals surface area contributed by atoms with E-state index >= 15 is 4.39 Å². The average Bonchev–Trinajstić information content (AvgIpc) is 3.19. The molecule has 1 saturated heterocycles. The highest BCUT2D eigenvalue weighted by molar-refractivity contribution is 6.62. The number of hydrogen-bond acceptors (Lipinski definition) is 2. The van der Waals surface area contributed by atoms with Crippen LogP contribution in [0, 0.1) is 40.7 Å². The summed E-state index contributed by atoms with van der Waals surface area (Å²) in [6, 6.07) is 16.8. The van der Waals surface area contributed by atoms with Crippen LogP contribution >= 0.6 is 0 Å². The molecule has 5 aromatic rings. The molecule has 214 valence electrons. The van der Waals surface area contributed by atoms with Crippen molar-refractivity contribution in [3.05, 3.63) is 101 Å². The maximum atomic E-state index is 15.1. The van der Waals surface area contributed by atoms with Crippen LogP contribution in [0.5, 0.6) is 0 Å². The number of rotatable bonds is 3. The molecule has 1 heterocycles. The topological polar surface area (TPSA) is 18.5 Å². The molecular formula is C32H22BF7O2. The Hall–Kier alpha value is -3.89. The molecule has 0 aromatic heterocycles. The van der Waals surface area contributed by atoms with E-state index in [2.05, 4.69) is 0 Å². The van der Waals surface area contributed by atoms with Gasteiger partial charge in [-0.1, -0.05) is 48.5 Å². The predicted molar refractivity (Wildman–Crippen MR) is 148 cm³/mol. The Morgan fingerprint density at radius 2 is 1.00 bits per heavy atom. The van der Waals surface area contributed by atoms with Crippen molar-refractivity contribution >= 4 is 34.1 Å². The van der Waals surface area contributed by atoms with Gasteiger partial charge in [-0.25, -0.2) is 30.7 Å². The summed E-state index contributed by atoms with van der Waals surface area (Å²) in [4.78, 5) is 0. The lowest BCUT2D eigenvalue weighted by atomic mass is 9.78. The Morgan fingerprint density at radius 1 is 0.500 bits per heavy atom. The summed E-state index contributed by atoms with van der Waals surface area (Å²) in [7, 11) is -0.555. The van der Waals surface area contributed by atoms with Crippen molar-refractivity contribution in [1.29, 1.82) is 0 Å². The summed E-state index contributed by atoms with van der Waals surface area (Å²) < 4.78 is 114. The largest absolute Gasteiger partial charge is 0.494 e. The fraction of sp³-hybridized carbons (Fsp3) is 0.188. The maximum Gasteiger partial charge on any atom is 0.494 e. The zero-order valence-corrected chi connectivity index (χ0v) is 22.8. The number of hydrogen-bond donors (Lipinski definition) is 0. The van der Waals surface area contributed by atoms with Gasteiger partial charge in [0.15, 0.2) is 40.7 Å². The first-order valence-corrected chi connectivity index (χ1v) is 13.0. The second-order valence-corrected chi connectivity index (χ2v) is 11.3. The maximum absolute atomic E-state index is 15.1. The molecule has 0 amide bonds. The molecule has 0 spiro atoms. The van der Waals surface area contributed by atoms with Gasteiger partial charge in [0, 0.05) is 10.9 Å². The fourth-order valence-corrected chi connectivity index (χ4v) is 5.19. The van der Waals surface area contributed by atoms with Gasteiger partial charge < -0.3 is 9.31 Å². The molecular weight excluding hydrogens is 560 g/mol. The van der Waals surface area contributed by atoms with Crippen molar-refractivity contribution in [2.45, 2.75) is 38.9 Å². The van der Waals surface area contributed by atoms with Crippen molar-refractivity contribution < 1.29 is 40.0 Å². The van der Waals surface area contributed by atoms with Crippen LogP contribution in [0.15, 0.2) is 60.7 Å². The standard InChI is InChI=1S/C32H22BF7O2/c1-31(2)32(3,4)42-33(41-31)20-11-10-17-12-16(8-9-18(17)14-20)15-6-5-7-19(13-15)21-22-23(26(36)28(38)24(21)34)27(37)30(40)29(39)25(22)35/h5-14H,1-4H3. The quantitative estimate of drug-likeness (QED) is 0.0919. The van der Waals surface area contributed by atoms with Gasteiger partial charge in [0.1, 0.15) is 0 Å². The third kappa shape index (κ3) is 4.19. The van der Waals surface area contributed by atoms with Crippen LogP contribution in [0.25, 0.3) is 43.8 Å². The second-order valence-electron chi connectivity index (χ2n) is 11.3. The van der Waals surface area contributed by atoms with Gasteiger partial charge in [0.25, 0.3) is 0 Å². The van der Waals surface area contributed by atoms with Crippen molar-refractivity contribution in [3.8, 4) is 22.3 Å². The van der Waals surface area contributed by atoms with Gasteiger partial charge >= 0.3 is 7.12 Å². The zero-order valence-electron chi connectivity index (χ0n) is 22.8. The van der Waals surface area contributed by atoms with Gasteiger partial charge in [-0.05, 0) is 72.8 Å². The highest BCUT2D eigenvalue weighted by Crippen LogP contribution is 2.41. The Bertz CT molecular complexity index is 1910. The van der Waals surface area contributed by atoms with Crippen LogP contribution in [0.4, 0.5) is 30.7 Å². The number of halogens is 7. The molecule has 42 heavy (non-hydrogen) atoms. The molecule has 0 aliphatic carbocycles. The minimum Gasteiger partial charge on any atom is -0.399 e. The van der Waals surface area contributed by atoms with Gasteiger partial charge in [-0.15, -0.1) is 0 Å². The number of benzene rings is 5. The first kappa shape index (κ1) is 28.2. The molecule has 0 bridgehead atoms. The molecule has 0 unspecified atom stereocenters. The Kier molecular flexibility index (Phi) is 6.44. The third-order valence-corrected chi connectivity index (χ3v) is 8.22. The van der Waals surface area contributed by atoms with Crippen LogP contribution in [-0.4, -0.2) is 18.3 Å². The third-order valence-electron chi connectivity index (χ3n) is 8.22. The van der Waals surface area contributed by atoms with Crippen molar-refractivity contribution in [2.75, 3.05) is 0 Å². The van der Waals surface area contributed by atoms with E-state index in [1.165, 1.54) is 18.2 Å². The van der Waals surface area contributed by atoms with Crippen LogP contribution in [0.3, 0.4) is 0 Å². The molecule has 0 atom stereocenters. The van der Waals surface area contributed by atoms with Crippen LogP contribution in [0.1, 0.15) is 27.7 Å². The van der Waals surface area contributed by atoms with Crippen molar-refractivity contribution in [3.63, 3.8) is 0 Å². The number of fused-ring (bicyclic) bond motifs is 2. The average molecular weight is 582 g/mol. The molecule has 1 aliphatic rings. The summed E-state index contributed by atoms with van der Waals surface area (Å²) >= 11 is 0. The Balaban J connectivity index is 1.44. The summed E-state index contributed by atoms with van der Waals surface area (Å²) in [5.41, 5.74) is -0.227. The van der Waals surface area contributed by atoms with Gasteiger partial charge in [0.2, 0.25) is 0 Å². The lowest BCUT2D eigenvalue weighted by Gasteiger charge is -2.32. The predicted octanol–water partition coefficient (Wildman–Crippen LogP) is 8.60. The lowest BCUT2D eigenvalue weighted by Crippen LogP contribution is -2.41. The summed E-state index contributed by atoms with van der Waals surface area (Å²) in [6.07, 6.45) is 0. The fourth-order valence-electron chi connectivity index (χ4n) is 5.19. The van der Waals surface area contributed by atoms with E-state index in [1.54, 1.807) is 12.1 Å². The summed E-state index contributed by atoms with van der Waals surface area (Å²) in [5, 5.41) is -1.06. The summed E-state index contributed by atoms with van der Waals surface area (Å²) in [6.45, 7) is 7.85. The molecule has 0 N–H and O–H groups in total. The SMILES string of the molecule is CC1(C)OB(c2ccc3cc(-c4cccc(-c5c(F)c(F)c(F)c6c(F)c(F)c(F)c(F)c56)c4)ccc3c2)OC1(C)C. The van der Waals surface area contributed by atoms with E-state index in [4.69, 9.17) is 9.31 Å². The highest BCUT2D eigenvalue weighted by atomic mass is 19.2. The second kappa shape index (κ2) is 9.57. The monoisotopic (exact) mass is 582 g/mol. The van der Waals surface area contributed by atoms with Gasteiger partial charge in [0.05, 0.1) is 16.6 Å². The van der Waals surface area contributed by atoms with E-state index in [0.717, 1.165) is 16.2 Å². The zero-order chi connectivity index (χ0) is 30.3. The molecule has 1 fully saturated rings. The first-order valence-electron chi connectivity index (χ1n) is 13.0. The highest BCUT2D eigenvalue weighted by Gasteiger charge is 2.51. The molecule has 0 saturated carbocycles. The van der Waals surface area contributed by atoms with Gasteiger partial charge in [-0.2, -0.15) is 0 Å². The van der Waals surface area contributed by atoms with Gasteiger partial charge in [-0.3, -0.25) is 0 Å². The normalized spacial score (nSPS) is 16.1. The Labute approximate surface area is 236 Å². The molecule has 1 aliphatic heterocycles. The molecule has 10 heteroatoms. The smallest absolute Gasteiger partial charge is 0.399 e. The summed E-state index contributed by atoms with van der Waals surface area (Å²) in [5.74, 6) is -15.0. The molecule has 2 nitrogen and oxygen atoms in total. The molecule has 6 rings (SSSR count). The first-order chi connectivity index (χ1) is 19.7. The minimum absolute atomic E-state index is 0.200. The van der Waals surface area contributed by atoms with E-state index in [1.807, 2.05) is 58.0 Å². The van der Waals surface area contributed by atoms with E-state index < -0.39 is 75.4 Å².